The maximum Gasteiger partial charge on any atom is 0.407 e. The zero-order valence-corrected chi connectivity index (χ0v) is 27.7. The van der Waals surface area contributed by atoms with E-state index in [2.05, 4.69) is 63.4 Å². The average molecular weight is 618 g/mol. The predicted molar refractivity (Wildman–Crippen MR) is 170 cm³/mol. The fourth-order valence-electron chi connectivity index (χ4n) is 4.43. The molecule has 0 heterocycles. The molecular formula is C33H51NO8Si. The Morgan fingerprint density at radius 1 is 0.674 bits per heavy atom. The summed E-state index contributed by atoms with van der Waals surface area (Å²) in [6, 6.07) is 16.6. The molecule has 2 aromatic carbocycles. The summed E-state index contributed by atoms with van der Waals surface area (Å²) in [4.78, 5) is 12.2. The van der Waals surface area contributed by atoms with Crippen LogP contribution < -0.4 is 5.32 Å². The third-order valence-corrected chi connectivity index (χ3v) is 12.4. The van der Waals surface area contributed by atoms with Crippen LogP contribution in [-0.4, -0.2) is 100 Å². The highest BCUT2D eigenvalue weighted by Gasteiger charge is 2.36. The molecule has 10 heteroatoms. The van der Waals surface area contributed by atoms with Crippen LogP contribution in [0.3, 0.4) is 0 Å². The Morgan fingerprint density at radius 3 is 1.56 bits per heavy atom. The van der Waals surface area contributed by atoms with Crippen molar-refractivity contribution in [3.05, 3.63) is 59.7 Å². The number of carbonyl (C=O) groups excluding carboxylic acids is 1. The fourth-order valence-corrected chi connectivity index (χ4v) is 5.46. The van der Waals surface area contributed by atoms with Gasteiger partial charge in [0.15, 0.2) is 8.32 Å². The number of ether oxygens (including phenoxy) is 6. The zero-order chi connectivity index (χ0) is 31.0. The summed E-state index contributed by atoms with van der Waals surface area (Å²) < 4.78 is 39.3. The lowest BCUT2D eigenvalue weighted by molar-refractivity contribution is -0.0127. The molecule has 0 fully saturated rings. The molecule has 1 amide bonds. The minimum atomic E-state index is -1.70. The number of carbonyl (C=O) groups is 1. The van der Waals surface area contributed by atoms with Crippen LogP contribution in [0.5, 0.6) is 0 Å². The second kappa shape index (κ2) is 18.5. The maximum atomic E-state index is 12.2. The molecule has 9 nitrogen and oxygen atoms in total. The summed E-state index contributed by atoms with van der Waals surface area (Å²) in [6.07, 6.45) is -0.443. The van der Waals surface area contributed by atoms with Gasteiger partial charge >= 0.3 is 6.09 Å². The molecule has 0 radical (unpaired) electrons. The van der Waals surface area contributed by atoms with Gasteiger partial charge < -0.3 is 38.2 Å². The molecule has 1 aliphatic carbocycles. The van der Waals surface area contributed by atoms with E-state index in [9.17, 15) is 4.79 Å². The van der Waals surface area contributed by atoms with Crippen molar-refractivity contribution in [2.75, 3.05) is 85.8 Å². The molecule has 1 N–H and O–H groups in total. The van der Waals surface area contributed by atoms with Crippen LogP contribution in [0.25, 0.3) is 11.1 Å². The molecule has 0 aliphatic heterocycles. The first-order chi connectivity index (χ1) is 20.7. The van der Waals surface area contributed by atoms with Gasteiger partial charge in [-0.2, -0.15) is 0 Å². The molecule has 0 aromatic heterocycles. The van der Waals surface area contributed by atoms with Crippen molar-refractivity contribution >= 4 is 14.4 Å². The van der Waals surface area contributed by atoms with E-state index < -0.39 is 14.4 Å². The van der Waals surface area contributed by atoms with Crippen molar-refractivity contribution in [2.24, 2.45) is 0 Å². The largest absolute Gasteiger partial charge is 0.449 e. The van der Waals surface area contributed by atoms with E-state index >= 15 is 0 Å². The zero-order valence-electron chi connectivity index (χ0n) is 26.7. The summed E-state index contributed by atoms with van der Waals surface area (Å²) in [7, 11) is -1.70. The van der Waals surface area contributed by atoms with Crippen molar-refractivity contribution in [2.45, 2.75) is 44.8 Å². The third kappa shape index (κ3) is 11.9. The standard InChI is InChI=1S/C33H51NO8Si/c1-33(2,3)43(4,5)42-25-24-40-23-22-39-21-20-38-19-18-37-17-16-36-15-14-34-32(35)41-26-31-29-12-8-6-10-27(29)28-11-7-9-13-30(28)31/h6-13,31H,14-26H2,1-5H3,(H,34,35). The minimum absolute atomic E-state index is 0.0472. The number of hydrogen-bond acceptors (Lipinski definition) is 8. The first-order valence-corrected chi connectivity index (χ1v) is 18.2. The summed E-state index contributed by atoms with van der Waals surface area (Å²) in [5.74, 6) is 0.0472. The van der Waals surface area contributed by atoms with E-state index in [1.54, 1.807) is 0 Å². The smallest absolute Gasteiger partial charge is 0.407 e. The number of fused-ring (bicyclic) bond motifs is 3. The van der Waals surface area contributed by atoms with Gasteiger partial charge in [-0.05, 0) is 40.4 Å². The monoisotopic (exact) mass is 617 g/mol. The second-order valence-corrected chi connectivity index (χ2v) is 16.7. The summed E-state index contributed by atoms with van der Waals surface area (Å²) in [6.45, 7) is 17.4. The minimum Gasteiger partial charge on any atom is -0.449 e. The van der Waals surface area contributed by atoms with Gasteiger partial charge in [-0.1, -0.05) is 69.3 Å². The summed E-state index contributed by atoms with van der Waals surface area (Å²) >= 11 is 0. The molecule has 43 heavy (non-hydrogen) atoms. The fraction of sp³-hybridized carbons (Fsp3) is 0.606. The average Bonchev–Trinajstić information content (AvgIpc) is 3.30. The van der Waals surface area contributed by atoms with E-state index in [0.29, 0.717) is 85.8 Å². The van der Waals surface area contributed by atoms with Gasteiger partial charge in [0.1, 0.15) is 6.61 Å². The van der Waals surface area contributed by atoms with Crippen LogP contribution in [0.2, 0.25) is 18.1 Å². The Hall–Kier alpha value is -2.31. The van der Waals surface area contributed by atoms with E-state index in [0.717, 1.165) is 0 Å². The van der Waals surface area contributed by atoms with Crippen molar-refractivity contribution in [1.29, 1.82) is 0 Å². The van der Waals surface area contributed by atoms with Crippen molar-refractivity contribution < 1.29 is 37.6 Å². The first kappa shape index (κ1) is 35.2. The van der Waals surface area contributed by atoms with Crippen LogP contribution in [-0.2, 0) is 32.8 Å². The quantitative estimate of drug-likeness (QED) is 0.142. The number of benzene rings is 2. The second-order valence-electron chi connectivity index (χ2n) is 11.9. The molecule has 3 rings (SSSR count). The van der Waals surface area contributed by atoms with E-state index in [4.69, 9.17) is 32.8 Å². The van der Waals surface area contributed by atoms with Crippen molar-refractivity contribution in [3.8, 4) is 11.1 Å². The maximum absolute atomic E-state index is 12.2. The van der Waals surface area contributed by atoms with Gasteiger partial charge in [0.05, 0.1) is 72.7 Å². The molecule has 0 unspecified atom stereocenters. The van der Waals surface area contributed by atoms with E-state index in [1.807, 2.05) is 24.3 Å². The Bertz CT molecular complexity index is 1050. The number of hydrogen-bond donors (Lipinski definition) is 1. The highest BCUT2D eigenvalue weighted by atomic mass is 28.4. The summed E-state index contributed by atoms with van der Waals surface area (Å²) in [5, 5.41) is 2.96. The van der Waals surface area contributed by atoms with Gasteiger partial charge in [-0.25, -0.2) is 4.79 Å². The molecule has 1 aliphatic rings. The third-order valence-electron chi connectivity index (χ3n) is 7.84. The Balaban J connectivity index is 1.07. The number of alkyl carbamates (subject to hydrolysis) is 1. The van der Waals surface area contributed by atoms with Crippen LogP contribution in [0.4, 0.5) is 4.79 Å². The first-order valence-electron chi connectivity index (χ1n) is 15.3. The molecule has 2 aromatic rings. The number of amides is 1. The topological polar surface area (TPSA) is 93.7 Å². The highest BCUT2D eigenvalue weighted by molar-refractivity contribution is 6.74. The lowest BCUT2D eigenvalue weighted by Gasteiger charge is -2.36. The van der Waals surface area contributed by atoms with Gasteiger partial charge in [-0.15, -0.1) is 0 Å². The van der Waals surface area contributed by atoms with Crippen LogP contribution in [0.1, 0.15) is 37.8 Å². The van der Waals surface area contributed by atoms with E-state index in [1.165, 1.54) is 22.3 Å². The Labute approximate surface area is 258 Å². The SMILES string of the molecule is CC(C)(C)[Si](C)(C)OCCOCCOCCOCCOCCOCCNC(=O)OCC1c2ccccc2-c2ccccc21. The molecule has 0 bridgehead atoms. The molecular weight excluding hydrogens is 566 g/mol. The molecule has 0 saturated carbocycles. The Morgan fingerprint density at radius 2 is 1.09 bits per heavy atom. The van der Waals surface area contributed by atoms with Crippen molar-refractivity contribution in [3.63, 3.8) is 0 Å². The number of nitrogens with one attached hydrogen (secondary N) is 1. The van der Waals surface area contributed by atoms with Crippen LogP contribution in [0, 0.1) is 0 Å². The lowest BCUT2D eigenvalue weighted by atomic mass is 9.98. The molecule has 240 valence electrons. The van der Waals surface area contributed by atoms with Gasteiger partial charge in [0.2, 0.25) is 0 Å². The number of rotatable bonds is 21. The van der Waals surface area contributed by atoms with Crippen LogP contribution in [0.15, 0.2) is 48.5 Å². The predicted octanol–water partition coefficient (Wildman–Crippen LogP) is 5.63. The lowest BCUT2D eigenvalue weighted by Crippen LogP contribution is -2.41. The van der Waals surface area contributed by atoms with E-state index in [-0.39, 0.29) is 11.0 Å². The van der Waals surface area contributed by atoms with Crippen LogP contribution >= 0.6 is 0 Å². The van der Waals surface area contributed by atoms with Gasteiger partial charge in [0, 0.05) is 12.5 Å². The molecule has 0 saturated heterocycles. The summed E-state index contributed by atoms with van der Waals surface area (Å²) in [5.41, 5.74) is 4.80. The molecule has 0 spiro atoms. The van der Waals surface area contributed by atoms with Gasteiger partial charge in [-0.3, -0.25) is 0 Å². The van der Waals surface area contributed by atoms with Gasteiger partial charge in [0.25, 0.3) is 0 Å². The molecule has 0 atom stereocenters. The van der Waals surface area contributed by atoms with Crippen molar-refractivity contribution in [1.82, 2.24) is 5.32 Å². The normalized spacial score (nSPS) is 13.1. The Kier molecular flexibility index (Phi) is 15.1. The highest BCUT2D eigenvalue weighted by Crippen LogP contribution is 2.44.